The van der Waals surface area contributed by atoms with Crippen LogP contribution in [-0.2, 0) is 4.79 Å². The van der Waals surface area contributed by atoms with Crippen molar-refractivity contribution in [2.45, 2.75) is 13.8 Å². The number of hydrogen-bond donors (Lipinski definition) is 1. The Morgan fingerprint density at radius 2 is 1.77 bits per heavy atom. The molecule has 0 spiro atoms. The largest absolute Gasteiger partial charge is 0.493 e. The molecule has 0 bridgehead atoms. The summed E-state index contributed by atoms with van der Waals surface area (Å²) in [5, 5.41) is 4.71. The van der Waals surface area contributed by atoms with Crippen molar-refractivity contribution in [1.29, 1.82) is 0 Å². The van der Waals surface area contributed by atoms with E-state index in [0.29, 0.717) is 28.0 Å². The Kier molecular flexibility index (Phi) is 6.86. The van der Waals surface area contributed by atoms with E-state index >= 15 is 0 Å². The van der Waals surface area contributed by atoms with Gasteiger partial charge in [0.05, 0.1) is 19.9 Å². The fraction of sp³-hybridized carbons (Fsp3) is 0.263. The topological polar surface area (TPSA) is 69.2 Å². The van der Waals surface area contributed by atoms with E-state index in [1.165, 1.54) is 0 Å². The standard InChI is InChI=1S/C19H21ClN2O4/c1-12-9-15(20)6-8-16(12)26-11-19(23)22-21-13(2)14-5-7-17(24-3)18(10-14)25-4/h5-10H,11H2,1-4H3,(H,22,23). The lowest BCUT2D eigenvalue weighted by Crippen LogP contribution is -2.25. The molecule has 0 saturated heterocycles. The van der Waals surface area contributed by atoms with E-state index < -0.39 is 0 Å². The van der Waals surface area contributed by atoms with Gasteiger partial charge in [-0.2, -0.15) is 5.10 Å². The molecular weight excluding hydrogens is 356 g/mol. The highest BCUT2D eigenvalue weighted by atomic mass is 35.5. The van der Waals surface area contributed by atoms with Crippen LogP contribution in [0, 0.1) is 6.92 Å². The number of nitrogens with zero attached hydrogens (tertiary/aromatic N) is 1. The van der Waals surface area contributed by atoms with Gasteiger partial charge in [0.15, 0.2) is 18.1 Å². The molecule has 2 aromatic carbocycles. The molecule has 0 aliphatic rings. The van der Waals surface area contributed by atoms with Gasteiger partial charge in [-0.05, 0) is 55.8 Å². The summed E-state index contributed by atoms with van der Waals surface area (Å²) in [7, 11) is 3.13. The van der Waals surface area contributed by atoms with Crippen molar-refractivity contribution in [1.82, 2.24) is 5.43 Å². The molecule has 6 nitrogen and oxygen atoms in total. The third-order valence-corrected chi connectivity index (χ3v) is 3.88. The van der Waals surface area contributed by atoms with Crippen molar-refractivity contribution in [3.8, 4) is 17.2 Å². The van der Waals surface area contributed by atoms with Crippen molar-refractivity contribution in [2.24, 2.45) is 5.10 Å². The fourth-order valence-corrected chi connectivity index (χ4v) is 2.45. The van der Waals surface area contributed by atoms with Gasteiger partial charge in [0.1, 0.15) is 5.75 Å². The summed E-state index contributed by atoms with van der Waals surface area (Å²) < 4.78 is 15.9. The summed E-state index contributed by atoms with van der Waals surface area (Å²) in [6.07, 6.45) is 0. The molecule has 0 aromatic heterocycles. The van der Waals surface area contributed by atoms with Crippen LogP contribution in [0.25, 0.3) is 0 Å². The van der Waals surface area contributed by atoms with Gasteiger partial charge in [0, 0.05) is 10.6 Å². The Labute approximate surface area is 157 Å². The summed E-state index contributed by atoms with van der Waals surface area (Å²) in [5.74, 6) is 1.46. The van der Waals surface area contributed by atoms with E-state index in [1.807, 2.05) is 13.0 Å². The molecule has 0 heterocycles. The Hall–Kier alpha value is -2.73. The second kappa shape index (κ2) is 9.10. The van der Waals surface area contributed by atoms with Crippen molar-refractivity contribution < 1.29 is 19.0 Å². The van der Waals surface area contributed by atoms with Gasteiger partial charge in [0.2, 0.25) is 0 Å². The number of hydrogen-bond acceptors (Lipinski definition) is 5. The Bertz CT molecular complexity index is 821. The number of nitrogens with one attached hydrogen (secondary N) is 1. The SMILES string of the molecule is COc1ccc(C(C)=NNC(=O)COc2ccc(Cl)cc2C)cc1OC. The number of hydrazone groups is 1. The molecule has 0 unspecified atom stereocenters. The Morgan fingerprint density at radius 3 is 2.42 bits per heavy atom. The lowest BCUT2D eigenvalue weighted by atomic mass is 10.1. The maximum Gasteiger partial charge on any atom is 0.277 e. The molecule has 2 rings (SSSR count). The normalized spacial score (nSPS) is 11.0. The highest BCUT2D eigenvalue weighted by molar-refractivity contribution is 6.30. The number of methoxy groups -OCH3 is 2. The Morgan fingerprint density at radius 1 is 1.08 bits per heavy atom. The molecule has 1 N–H and O–H groups in total. The fourth-order valence-electron chi connectivity index (χ4n) is 2.22. The molecule has 7 heteroatoms. The van der Waals surface area contributed by atoms with Gasteiger partial charge in [-0.1, -0.05) is 11.6 Å². The maximum absolute atomic E-state index is 11.9. The molecular formula is C19H21ClN2O4. The van der Waals surface area contributed by atoms with Crippen LogP contribution >= 0.6 is 11.6 Å². The van der Waals surface area contributed by atoms with Crippen LogP contribution in [0.15, 0.2) is 41.5 Å². The van der Waals surface area contributed by atoms with E-state index in [9.17, 15) is 4.79 Å². The summed E-state index contributed by atoms with van der Waals surface area (Å²) in [5.41, 5.74) is 4.76. The van der Waals surface area contributed by atoms with Crippen LogP contribution in [-0.4, -0.2) is 32.4 Å². The summed E-state index contributed by atoms with van der Waals surface area (Å²) in [4.78, 5) is 11.9. The lowest BCUT2D eigenvalue weighted by Gasteiger charge is -2.10. The van der Waals surface area contributed by atoms with Crippen LogP contribution in [0.2, 0.25) is 5.02 Å². The second-order valence-corrected chi connectivity index (χ2v) is 5.94. The van der Waals surface area contributed by atoms with E-state index in [2.05, 4.69) is 10.5 Å². The first-order valence-corrected chi connectivity index (χ1v) is 8.27. The zero-order valence-corrected chi connectivity index (χ0v) is 15.9. The number of carbonyl (C=O) groups excluding carboxylic acids is 1. The lowest BCUT2D eigenvalue weighted by molar-refractivity contribution is -0.123. The molecule has 0 atom stereocenters. The van der Waals surface area contributed by atoms with Crippen LogP contribution in [0.5, 0.6) is 17.2 Å². The Balaban J connectivity index is 1.96. The monoisotopic (exact) mass is 376 g/mol. The number of ether oxygens (including phenoxy) is 3. The third kappa shape index (κ3) is 5.13. The number of aryl methyl sites for hydroxylation is 1. The average molecular weight is 377 g/mol. The highest BCUT2D eigenvalue weighted by Crippen LogP contribution is 2.27. The van der Waals surface area contributed by atoms with Gasteiger partial charge in [-0.3, -0.25) is 4.79 Å². The number of carbonyl (C=O) groups is 1. The number of benzene rings is 2. The summed E-state index contributed by atoms with van der Waals surface area (Å²) in [6.45, 7) is 3.50. The van der Waals surface area contributed by atoms with E-state index in [1.54, 1.807) is 51.5 Å². The molecule has 0 aliphatic heterocycles. The maximum atomic E-state index is 11.9. The number of amides is 1. The minimum atomic E-state index is -0.362. The minimum absolute atomic E-state index is 0.148. The average Bonchev–Trinajstić information content (AvgIpc) is 2.64. The zero-order valence-electron chi connectivity index (χ0n) is 15.1. The number of halogens is 1. The molecule has 2 aromatic rings. The van der Waals surface area contributed by atoms with E-state index in [4.69, 9.17) is 25.8 Å². The number of rotatable bonds is 7. The molecule has 0 saturated carbocycles. The van der Waals surface area contributed by atoms with Crippen LogP contribution in [0.4, 0.5) is 0 Å². The van der Waals surface area contributed by atoms with Gasteiger partial charge >= 0.3 is 0 Å². The van der Waals surface area contributed by atoms with Gasteiger partial charge in [-0.15, -0.1) is 0 Å². The second-order valence-electron chi connectivity index (χ2n) is 5.50. The molecule has 0 radical (unpaired) electrons. The highest BCUT2D eigenvalue weighted by Gasteiger charge is 2.08. The van der Waals surface area contributed by atoms with Crippen LogP contribution < -0.4 is 19.6 Å². The van der Waals surface area contributed by atoms with E-state index in [0.717, 1.165) is 11.1 Å². The molecule has 1 amide bonds. The van der Waals surface area contributed by atoms with Crippen molar-refractivity contribution in [2.75, 3.05) is 20.8 Å². The zero-order chi connectivity index (χ0) is 19.1. The quantitative estimate of drug-likeness (QED) is 0.592. The predicted molar refractivity (Wildman–Crippen MR) is 102 cm³/mol. The first kappa shape index (κ1) is 19.6. The third-order valence-electron chi connectivity index (χ3n) is 3.65. The molecule has 138 valence electrons. The predicted octanol–water partition coefficient (Wildman–Crippen LogP) is 3.58. The summed E-state index contributed by atoms with van der Waals surface area (Å²) in [6, 6.07) is 10.6. The van der Waals surface area contributed by atoms with E-state index in [-0.39, 0.29) is 12.5 Å². The van der Waals surface area contributed by atoms with Gasteiger partial charge in [0.25, 0.3) is 5.91 Å². The van der Waals surface area contributed by atoms with Crippen molar-refractivity contribution >= 4 is 23.2 Å². The first-order valence-electron chi connectivity index (χ1n) is 7.89. The summed E-state index contributed by atoms with van der Waals surface area (Å²) >= 11 is 5.89. The van der Waals surface area contributed by atoms with Gasteiger partial charge in [-0.25, -0.2) is 5.43 Å². The molecule has 0 fully saturated rings. The van der Waals surface area contributed by atoms with Crippen molar-refractivity contribution in [3.05, 3.63) is 52.5 Å². The van der Waals surface area contributed by atoms with Crippen molar-refractivity contribution in [3.63, 3.8) is 0 Å². The van der Waals surface area contributed by atoms with Crippen LogP contribution in [0.3, 0.4) is 0 Å². The molecule has 26 heavy (non-hydrogen) atoms. The van der Waals surface area contributed by atoms with Gasteiger partial charge < -0.3 is 14.2 Å². The van der Waals surface area contributed by atoms with Crippen LogP contribution in [0.1, 0.15) is 18.1 Å². The molecule has 0 aliphatic carbocycles. The first-order chi connectivity index (χ1) is 12.4. The minimum Gasteiger partial charge on any atom is -0.493 e. The smallest absolute Gasteiger partial charge is 0.277 e.